The van der Waals surface area contributed by atoms with Crippen molar-refractivity contribution < 1.29 is 14.3 Å². The molecule has 0 aromatic carbocycles. The monoisotopic (exact) mass is 342 g/mol. The number of hydrogen-bond donors (Lipinski definition) is 0. The molecule has 25 heavy (non-hydrogen) atoms. The van der Waals surface area contributed by atoms with Crippen LogP contribution in [0.3, 0.4) is 0 Å². The highest BCUT2D eigenvalue weighted by Gasteiger charge is 2.39. The summed E-state index contributed by atoms with van der Waals surface area (Å²) in [6.07, 6.45) is 14.6. The largest absolute Gasteiger partial charge is 0.469 e. The van der Waals surface area contributed by atoms with Crippen LogP contribution in [0.1, 0.15) is 64.7 Å². The zero-order valence-corrected chi connectivity index (χ0v) is 15.6. The molecule has 1 unspecified atom stereocenters. The minimum absolute atomic E-state index is 0.124. The SMILES string of the molecule is CC#CCCC(=O)/C=C/C1CC[C@@H]2CC(=CCCCC(=O)OC)C[C@H]12. The molecule has 0 saturated heterocycles. The van der Waals surface area contributed by atoms with Crippen molar-refractivity contribution in [3.05, 3.63) is 23.8 Å². The molecule has 0 heterocycles. The van der Waals surface area contributed by atoms with Crippen LogP contribution in [0.5, 0.6) is 0 Å². The standard InChI is InChI=1S/C22H30O3/c1-3-4-5-9-20(23)14-13-18-11-12-19-15-17(16-21(18)19)8-6-7-10-22(24)25-2/h8,13-14,18-19,21H,5-7,9-12,15-16H2,1-2H3/b14-13+,17-8?/t18?,19-,21-/m1/s1. The van der Waals surface area contributed by atoms with Crippen LogP contribution in [0.15, 0.2) is 23.8 Å². The van der Waals surface area contributed by atoms with Gasteiger partial charge in [0.1, 0.15) is 0 Å². The fraction of sp³-hybridized carbons (Fsp3) is 0.636. The molecule has 136 valence electrons. The summed E-state index contributed by atoms with van der Waals surface area (Å²) < 4.78 is 4.67. The highest BCUT2D eigenvalue weighted by molar-refractivity contribution is 5.89. The predicted octanol–water partition coefficient (Wildman–Crippen LogP) is 4.62. The molecular formula is C22H30O3. The number of carbonyl (C=O) groups is 2. The third kappa shape index (κ3) is 6.20. The first-order valence-electron chi connectivity index (χ1n) is 9.49. The number of allylic oxidation sites excluding steroid dienone is 4. The Balaban J connectivity index is 1.77. The van der Waals surface area contributed by atoms with E-state index in [1.807, 2.05) is 0 Å². The van der Waals surface area contributed by atoms with Crippen molar-refractivity contribution in [2.45, 2.75) is 64.7 Å². The highest BCUT2D eigenvalue weighted by Crippen LogP contribution is 2.50. The molecule has 2 saturated carbocycles. The Morgan fingerprint density at radius 1 is 1.24 bits per heavy atom. The molecule has 0 radical (unpaired) electrons. The summed E-state index contributed by atoms with van der Waals surface area (Å²) in [4.78, 5) is 23.0. The number of ketones is 1. The van der Waals surface area contributed by atoms with Crippen molar-refractivity contribution in [2.24, 2.45) is 17.8 Å². The second kappa shape index (κ2) is 10.2. The average Bonchev–Trinajstić information content (AvgIpc) is 3.17. The number of hydrogen-bond acceptors (Lipinski definition) is 3. The fourth-order valence-corrected chi connectivity index (χ4v) is 4.16. The van der Waals surface area contributed by atoms with Crippen molar-refractivity contribution in [1.82, 2.24) is 0 Å². The van der Waals surface area contributed by atoms with Crippen LogP contribution in [0.4, 0.5) is 0 Å². The van der Waals surface area contributed by atoms with Crippen molar-refractivity contribution >= 4 is 11.8 Å². The third-order valence-electron chi connectivity index (χ3n) is 5.50. The summed E-state index contributed by atoms with van der Waals surface area (Å²) >= 11 is 0. The summed E-state index contributed by atoms with van der Waals surface area (Å²) in [5.74, 6) is 7.87. The average molecular weight is 342 g/mol. The lowest BCUT2D eigenvalue weighted by atomic mass is 9.91. The Morgan fingerprint density at radius 3 is 2.84 bits per heavy atom. The Morgan fingerprint density at radius 2 is 2.08 bits per heavy atom. The van der Waals surface area contributed by atoms with Gasteiger partial charge in [0.2, 0.25) is 0 Å². The van der Waals surface area contributed by atoms with E-state index in [0.29, 0.717) is 31.1 Å². The minimum Gasteiger partial charge on any atom is -0.469 e. The maximum atomic E-state index is 11.9. The summed E-state index contributed by atoms with van der Waals surface area (Å²) in [5.41, 5.74) is 1.54. The molecule has 3 atom stereocenters. The third-order valence-corrected chi connectivity index (χ3v) is 5.50. The summed E-state index contributed by atoms with van der Waals surface area (Å²) in [6, 6.07) is 0. The number of unbranched alkanes of at least 4 members (excludes halogenated alkanes) is 1. The van der Waals surface area contributed by atoms with Crippen molar-refractivity contribution in [3.8, 4) is 11.8 Å². The van der Waals surface area contributed by atoms with Crippen LogP contribution in [-0.4, -0.2) is 18.9 Å². The number of carbonyl (C=O) groups excluding carboxylic acids is 2. The lowest BCUT2D eigenvalue weighted by Gasteiger charge is -2.13. The van der Waals surface area contributed by atoms with Crippen molar-refractivity contribution in [1.29, 1.82) is 0 Å². The zero-order valence-electron chi connectivity index (χ0n) is 15.6. The first kappa shape index (κ1) is 19.5. The smallest absolute Gasteiger partial charge is 0.305 e. The maximum Gasteiger partial charge on any atom is 0.305 e. The van der Waals surface area contributed by atoms with Crippen LogP contribution in [-0.2, 0) is 14.3 Å². The van der Waals surface area contributed by atoms with Gasteiger partial charge in [-0.2, -0.15) is 0 Å². The second-order valence-corrected chi connectivity index (χ2v) is 7.16. The lowest BCUT2D eigenvalue weighted by Crippen LogP contribution is -2.07. The Labute approximate surface area is 151 Å². The van der Waals surface area contributed by atoms with E-state index in [1.165, 1.54) is 26.4 Å². The highest BCUT2D eigenvalue weighted by atomic mass is 16.5. The zero-order chi connectivity index (χ0) is 18.1. The van der Waals surface area contributed by atoms with Crippen LogP contribution in [0.2, 0.25) is 0 Å². The normalized spacial score (nSPS) is 26.5. The predicted molar refractivity (Wildman–Crippen MR) is 99.7 cm³/mol. The topological polar surface area (TPSA) is 43.4 Å². The molecule has 0 N–H and O–H groups in total. The molecule has 0 aliphatic heterocycles. The molecule has 2 rings (SSSR count). The van der Waals surface area contributed by atoms with E-state index in [1.54, 1.807) is 18.6 Å². The Bertz CT molecular complexity index is 588. The fourth-order valence-electron chi connectivity index (χ4n) is 4.16. The molecule has 2 aliphatic carbocycles. The van der Waals surface area contributed by atoms with Gasteiger partial charge < -0.3 is 4.74 Å². The molecule has 2 fully saturated rings. The van der Waals surface area contributed by atoms with E-state index in [-0.39, 0.29) is 11.8 Å². The Kier molecular flexibility index (Phi) is 7.98. The first-order valence-corrected chi connectivity index (χ1v) is 9.49. The maximum absolute atomic E-state index is 11.9. The van der Waals surface area contributed by atoms with E-state index in [2.05, 4.69) is 28.7 Å². The molecule has 3 heteroatoms. The van der Waals surface area contributed by atoms with Gasteiger partial charge >= 0.3 is 5.97 Å². The van der Waals surface area contributed by atoms with Gasteiger partial charge in [0, 0.05) is 19.3 Å². The minimum atomic E-state index is -0.124. The molecule has 0 bridgehead atoms. The van der Waals surface area contributed by atoms with E-state index >= 15 is 0 Å². The van der Waals surface area contributed by atoms with E-state index < -0.39 is 0 Å². The molecule has 0 aromatic heterocycles. The summed E-state index contributed by atoms with van der Waals surface area (Å²) in [6.45, 7) is 1.81. The molecule has 2 aliphatic rings. The van der Waals surface area contributed by atoms with E-state index in [9.17, 15) is 9.59 Å². The van der Waals surface area contributed by atoms with Crippen molar-refractivity contribution in [2.75, 3.05) is 7.11 Å². The molecule has 3 nitrogen and oxygen atoms in total. The van der Waals surface area contributed by atoms with Gasteiger partial charge in [-0.25, -0.2) is 0 Å². The van der Waals surface area contributed by atoms with Gasteiger partial charge in [-0.05, 0) is 69.3 Å². The van der Waals surface area contributed by atoms with Gasteiger partial charge in [-0.3, -0.25) is 9.59 Å². The van der Waals surface area contributed by atoms with E-state index in [4.69, 9.17) is 0 Å². The van der Waals surface area contributed by atoms with Crippen molar-refractivity contribution in [3.63, 3.8) is 0 Å². The molecular weight excluding hydrogens is 312 g/mol. The van der Waals surface area contributed by atoms with Gasteiger partial charge in [0.25, 0.3) is 0 Å². The van der Waals surface area contributed by atoms with Crippen LogP contribution in [0.25, 0.3) is 0 Å². The molecule has 0 amide bonds. The number of methoxy groups -OCH3 is 1. The molecule has 0 spiro atoms. The second-order valence-electron chi connectivity index (χ2n) is 7.16. The quantitative estimate of drug-likeness (QED) is 0.212. The Hall–Kier alpha value is -1.82. The van der Waals surface area contributed by atoms with Crippen LogP contribution < -0.4 is 0 Å². The van der Waals surface area contributed by atoms with E-state index in [0.717, 1.165) is 25.2 Å². The number of rotatable bonds is 8. The first-order chi connectivity index (χ1) is 12.1. The lowest BCUT2D eigenvalue weighted by molar-refractivity contribution is -0.140. The summed E-state index contributed by atoms with van der Waals surface area (Å²) in [7, 11) is 1.44. The van der Waals surface area contributed by atoms with Crippen LogP contribution >= 0.6 is 0 Å². The number of esters is 1. The molecule has 0 aromatic rings. The van der Waals surface area contributed by atoms with Gasteiger partial charge in [-0.1, -0.05) is 17.7 Å². The van der Waals surface area contributed by atoms with Gasteiger partial charge in [0.15, 0.2) is 5.78 Å². The van der Waals surface area contributed by atoms with Gasteiger partial charge in [0.05, 0.1) is 7.11 Å². The number of fused-ring (bicyclic) bond motifs is 1. The summed E-state index contributed by atoms with van der Waals surface area (Å²) in [5, 5.41) is 0. The number of ether oxygens (including phenoxy) is 1. The van der Waals surface area contributed by atoms with Crippen LogP contribution in [0, 0.1) is 29.6 Å². The van der Waals surface area contributed by atoms with Gasteiger partial charge in [-0.15, -0.1) is 11.8 Å².